The summed E-state index contributed by atoms with van der Waals surface area (Å²) in [5.41, 5.74) is 2.60. The molecule has 0 saturated carbocycles. The zero-order valence-corrected chi connectivity index (χ0v) is 22.0. The summed E-state index contributed by atoms with van der Waals surface area (Å²) in [6.07, 6.45) is -4.07. The number of benzene rings is 4. The normalized spacial score (nSPS) is 17.3. The fourth-order valence-electron chi connectivity index (χ4n) is 5.62. The van der Waals surface area contributed by atoms with Gasteiger partial charge in [-0.15, -0.1) is 0 Å². The Morgan fingerprint density at radius 1 is 0.850 bits per heavy atom. The lowest BCUT2D eigenvalue weighted by atomic mass is 9.76. The molecule has 8 heteroatoms. The molecule has 1 spiro atoms. The van der Waals surface area contributed by atoms with E-state index >= 15 is 0 Å². The topological polar surface area (TPSA) is 50.8 Å². The number of carbonyl (C=O) groups excluding carboxylic acids is 1. The number of carbonyl (C=O) groups is 1. The van der Waals surface area contributed by atoms with Crippen LogP contribution in [0, 0.1) is 0 Å². The van der Waals surface area contributed by atoms with Crippen LogP contribution in [-0.4, -0.2) is 19.1 Å². The average Bonchev–Trinajstić information content (AvgIpc) is 2.94. The average molecular weight is 545 g/mol. The number of halogens is 3. The largest absolute Gasteiger partial charge is 0.456 e. The number of rotatable bonds is 5. The Balaban J connectivity index is 1.48. The second kappa shape index (κ2) is 9.62. The van der Waals surface area contributed by atoms with E-state index in [1.54, 1.807) is 36.4 Å². The second-order valence-corrected chi connectivity index (χ2v) is 9.92. The Kier molecular flexibility index (Phi) is 6.21. The van der Waals surface area contributed by atoms with Crippen LogP contribution in [0.3, 0.4) is 0 Å². The predicted molar refractivity (Wildman–Crippen MR) is 148 cm³/mol. The van der Waals surface area contributed by atoms with Gasteiger partial charge in [-0.3, -0.25) is 0 Å². The molecule has 0 aromatic heterocycles. The molecule has 0 bridgehead atoms. The summed E-state index contributed by atoms with van der Waals surface area (Å²) in [5, 5.41) is 3.08. The number of hydrogen-bond donors (Lipinski definition) is 1. The number of hydrogen-bond acceptors (Lipinski definition) is 5. The fraction of sp³-hybridized carbons (Fsp3) is 0.219. The molecule has 0 aliphatic carbocycles. The summed E-state index contributed by atoms with van der Waals surface area (Å²) < 4.78 is 52.6. The van der Waals surface area contributed by atoms with Crippen molar-refractivity contribution in [2.24, 2.45) is 0 Å². The maximum absolute atomic E-state index is 13.4. The number of alkyl halides is 3. The van der Waals surface area contributed by atoms with Crippen LogP contribution in [0.4, 0.5) is 30.2 Å². The number of esters is 1. The van der Waals surface area contributed by atoms with Gasteiger partial charge in [-0.1, -0.05) is 24.3 Å². The number of nitrogens with one attached hydrogen (secondary N) is 1. The highest BCUT2D eigenvalue weighted by Gasteiger charge is 2.49. The van der Waals surface area contributed by atoms with E-state index < -0.39 is 23.3 Å². The zero-order chi connectivity index (χ0) is 28.1. The van der Waals surface area contributed by atoms with Crippen molar-refractivity contribution in [3.63, 3.8) is 0 Å². The van der Waals surface area contributed by atoms with Crippen LogP contribution in [-0.2, 0) is 22.9 Å². The summed E-state index contributed by atoms with van der Waals surface area (Å²) in [6, 6.07) is 23.6. The van der Waals surface area contributed by atoms with Crippen molar-refractivity contribution in [2.75, 3.05) is 23.3 Å². The minimum absolute atomic E-state index is 0.288. The molecule has 2 aliphatic heterocycles. The first-order valence-corrected chi connectivity index (χ1v) is 13.2. The van der Waals surface area contributed by atoms with Crippen molar-refractivity contribution >= 4 is 23.0 Å². The molecular formula is C32H27F3N2O3. The lowest BCUT2D eigenvalue weighted by molar-refractivity contribution is -0.137. The molecule has 0 saturated heterocycles. The molecule has 1 unspecified atom stereocenters. The minimum Gasteiger partial charge on any atom is -0.456 e. The van der Waals surface area contributed by atoms with Gasteiger partial charge >= 0.3 is 12.1 Å². The van der Waals surface area contributed by atoms with Crippen molar-refractivity contribution in [2.45, 2.75) is 32.0 Å². The van der Waals surface area contributed by atoms with Crippen LogP contribution in [0.2, 0.25) is 0 Å². The molecule has 2 heterocycles. The van der Waals surface area contributed by atoms with Crippen LogP contribution in [0.1, 0.15) is 46.5 Å². The van der Waals surface area contributed by atoms with Gasteiger partial charge in [0, 0.05) is 53.8 Å². The maximum atomic E-state index is 13.4. The van der Waals surface area contributed by atoms with E-state index in [2.05, 4.69) is 24.1 Å². The molecule has 1 atom stereocenters. The predicted octanol–water partition coefficient (Wildman–Crippen LogP) is 8.06. The van der Waals surface area contributed by atoms with Gasteiger partial charge in [0.25, 0.3) is 0 Å². The van der Waals surface area contributed by atoms with Crippen molar-refractivity contribution in [3.05, 3.63) is 113 Å². The van der Waals surface area contributed by atoms with Gasteiger partial charge in [0.05, 0.1) is 11.1 Å². The first kappa shape index (κ1) is 25.8. The number of fused-ring (bicyclic) bond motifs is 5. The van der Waals surface area contributed by atoms with E-state index in [0.717, 1.165) is 42.0 Å². The summed E-state index contributed by atoms with van der Waals surface area (Å²) in [4.78, 5) is 15.6. The highest BCUT2D eigenvalue weighted by Crippen LogP contribution is 2.54. The third-order valence-electron chi connectivity index (χ3n) is 7.59. The Hall–Kier alpha value is -4.46. The summed E-state index contributed by atoms with van der Waals surface area (Å²) in [7, 11) is 0. The molecule has 6 rings (SSSR count). The van der Waals surface area contributed by atoms with Gasteiger partial charge in [0.2, 0.25) is 0 Å². The van der Waals surface area contributed by atoms with Gasteiger partial charge in [-0.25, -0.2) is 4.79 Å². The highest BCUT2D eigenvalue weighted by atomic mass is 19.4. The lowest BCUT2D eigenvalue weighted by Gasteiger charge is -2.42. The zero-order valence-electron chi connectivity index (χ0n) is 22.0. The van der Waals surface area contributed by atoms with Gasteiger partial charge in [0.1, 0.15) is 11.5 Å². The molecule has 0 fully saturated rings. The Bertz CT molecular complexity index is 1610. The second-order valence-electron chi connectivity index (χ2n) is 9.92. The van der Waals surface area contributed by atoms with E-state index in [4.69, 9.17) is 9.47 Å². The monoisotopic (exact) mass is 544 g/mol. The Morgan fingerprint density at radius 2 is 1.62 bits per heavy atom. The van der Waals surface area contributed by atoms with Gasteiger partial charge < -0.3 is 19.7 Å². The number of anilines is 3. The van der Waals surface area contributed by atoms with Crippen LogP contribution >= 0.6 is 0 Å². The van der Waals surface area contributed by atoms with E-state index in [9.17, 15) is 18.0 Å². The fourth-order valence-corrected chi connectivity index (χ4v) is 5.62. The lowest BCUT2D eigenvalue weighted by Crippen LogP contribution is -2.42. The van der Waals surface area contributed by atoms with Crippen LogP contribution in [0.25, 0.3) is 0 Å². The van der Waals surface area contributed by atoms with Gasteiger partial charge in [0.15, 0.2) is 5.60 Å². The summed E-state index contributed by atoms with van der Waals surface area (Å²) in [6.45, 7) is 5.81. The molecule has 0 radical (unpaired) electrons. The Labute approximate surface area is 230 Å². The van der Waals surface area contributed by atoms with E-state index in [1.165, 1.54) is 6.07 Å². The smallest absolute Gasteiger partial charge is 0.416 e. The molecule has 1 N–H and O–H groups in total. The quantitative estimate of drug-likeness (QED) is 0.258. The molecule has 40 heavy (non-hydrogen) atoms. The van der Waals surface area contributed by atoms with Crippen LogP contribution < -0.4 is 15.0 Å². The van der Waals surface area contributed by atoms with Crippen LogP contribution in [0.15, 0.2) is 84.9 Å². The minimum atomic E-state index is -4.46. The van der Waals surface area contributed by atoms with E-state index in [1.807, 2.05) is 30.3 Å². The van der Waals surface area contributed by atoms with Crippen molar-refractivity contribution in [3.8, 4) is 11.5 Å². The molecular weight excluding hydrogens is 517 g/mol. The molecule has 4 aromatic rings. The molecule has 0 amide bonds. The molecule has 5 nitrogen and oxygen atoms in total. The third kappa shape index (κ3) is 4.33. The SMILES string of the molecule is CCN(CC)c1ccc2c(c1)Oc1ccc(Nc3cccc(C(F)(F)F)c3)cc1C21Cc2ccccc2C(=O)O1. The maximum Gasteiger partial charge on any atom is 0.416 e. The van der Waals surface area contributed by atoms with E-state index in [-0.39, 0.29) is 5.69 Å². The molecule has 4 aromatic carbocycles. The van der Waals surface area contributed by atoms with Crippen molar-refractivity contribution < 1.29 is 27.4 Å². The summed E-state index contributed by atoms with van der Waals surface area (Å²) in [5.74, 6) is 0.679. The number of nitrogens with zero attached hydrogens (tertiary/aromatic N) is 1. The Morgan fingerprint density at radius 3 is 2.40 bits per heavy atom. The third-order valence-corrected chi connectivity index (χ3v) is 7.59. The van der Waals surface area contributed by atoms with Gasteiger partial charge in [-0.05, 0) is 74.0 Å². The van der Waals surface area contributed by atoms with Crippen LogP contribution in [0.5, 0.6) is 11.5 Å². The van der Waals surface area contributed by atoms with Crippen molar-refractivity contribution in [1.82, 2.24) is 0 Å². The number of ether oxygens (including phenoxy) is 2. The molecule has 204 valence electrons. The van der Waals surface area contributed by atoms with Crippen molar-refractivity contribution in [1.29, 1.82) is 0 Å². The molecule has 2 aliphatic rings. The van der Waals surface area contributed by atoms with Gasteiger partial charge in [-0.2, -0.15) is 13.2 Å². The summed E-state index contributed by atoms with van der Waals surface area (Å²) >= 11 is 0. The highest BCUT2D eigenvalue weighted by molar-refractivity contribution is 5.93. The first-order valence-electron chi connectivity index (χ1n) is 13.2. The van der Waals surface area contributed by atoms with E-state index in [0.29, 0.717) is 34.7 Å². The first-order chi connectivity index (χ1) is 19.2. The standard InChI is InChI=1S/C32H27F3N2O3/c1-3-37(4-2)24-13-14-26-29(18-24)39-28-15-12-23(36-22-10-7-9-21(16-22)32(33,34)35)17-27(28)31(26)19-20-8-5-6-11-25(20)30(38)40-31/h5-18,36H,3-4,19H2,1-2H3.